The minimum Gasteiger partial charge on any atom is -0.480 e. The standard InChI is InChI=1S/C7H9N3O3S/c1-3-5(11)8-7(10-9-3)14-4(2)6(12)13/h4H,1-2H3,(H,12,13)(H,8,10,11). The zero-order valence-corrected chi connectivity index (χ0v) is 8.46. The van der Waals surface area contributed by atoms with Crippen LogP contribution in [-0.4, -0.2) is 31.5 Å². The van der Waals surface area contributed by atoms with Crippen LogP contribution in [0.15, 0.2) is 9.95 Å². The Balaban J connectivity index is 2.83. The number of H-pyrrole nitrogens is 1. The SMILES string of the molecule is Cc1nnc(SC(C)C(=O)O)[nH]c1=O. The molecule has 0 aromatic carbocycles. The van der Waals surface area contributed by atoms with Gasteiger partial charge in [0.15, 0.2) is 5.16 Å². The second-order valence-electron chi connectivity index (χ2n) is 2.64. The Hall–Kier alpha value is -1.37. The molecule has 0 saturated heterocycles. The first-order valence-electron chi connectivity index (χ1n) is 3.83. The molecule has 1 aromatic heterocycles. The number of aromatic nitrogens is 3. The average molecular weight is 215 g/mol. The summed E-state index contributed by atoms with van der Waals surface area (Å²) in [6, 6.07) is 0. The van der Waals surface area contributed by atoms with Gasteiger partial charge in [-0.05, 0) is 13.8 Å². The first kappa shape index (κ1) is 10.7. The third kappa shape index (κ3) is 2.56. The predicted molar refractivity (Wildman–Crippen MR) is 50.3 cm³/mol. The maximum atomic E-state index is 11.1. The zero-order chi connectivity index (χ0) is 10.7. The lowest BCUT2D eigenvalue weighted by atomic mass is 10.5. The molecular formula is C7H9N3O3S. The summed E-state index contributed by atoms with van der Waals surface area (Å²) in [5.74, 6) is -0.960. The van der Waals surface area contributed by atoms with Gasteiger partial charge >= 0.3 is 5.97 Å². The van der Waals surface area contributed by atoms with Gasteiger partial charge in [0.1, 0.15) is 10.9 Å². The van der Waals surface area contributed by atoms with Crippen molar-refractivity contribution in [1.29, 1.82) is 0 Å². The molecule has 0 aliphatic rings. The van der Waals surface area contributed by atoms with E-state index < -0.39 is 11.2 Å². The maximum absolute atomic E-state index is 11.1. The monoisotopic (exact) mass is 215 g/mol. The molecule has 7 heteroatoms. The van der Waals surface area contributed by atoms with Crippen molar-refractivity contribution in [2.75, 3.05) is 0 Å². The van der Waals surface area contributed by atoms with Crippen molar-refractivity contribution in [1.82, 2.24) is 15.2 Å². The van der Waals surface area contributed by atoms with E-state index in [1.165, 1.54) is 13.8 Å². The number of hydrogen-bond donors (Lipinski definition) is 2. The lowest BCUT2D eigenvalue weighted by Gasteiger charge is -2.03. The molecule has 2 N–H and O–H groups in total. The molecule has 1 rings (SSSR count). The van der Waals surface area contributed by atoms with Crippen molar-refractivity contribution in [3.63, 3.8) is 0 Å². The fraction of sp³-hybridized carbons (Fsp3) is 0.429. The lowest BCUT2D eigenvalue weighted by Crippen LogP contribution is -2.17. The number of aryl methyl sites for hydroxylation is 1. The van der Waals surface area contributed by atoms with Crippen LogP contribution in [0.4, 0.5) is 0 Å². The van der Waals surface area contributed by atoms with Crippen LogP contribution in [0.3, 0.4) is 0 Å². The normalized spacial score (nSPS) is 12.4. The third-order valence-electron chi connectivity index (χ3n) is 1.48. The molecule has 0 amide bonds. The molecule has 0 radical (unpaired) electrons. The summed E-state index contributed by atoms with van der Waals surface area (Å²) < 4.78 is 0. The molecule has 0 saturated carbocycles. The third-order valence-corrected chi connectivity index (χ3v) is 2.44. The predicted octanol–water partition coefficient (Wildman–Crippen LogP) is 0.0385. The molecule has 0 spiro atoms. The van der Waals surface area contributed by atoms with Crippen LogP contribution in [-0.2, 0) is 4.79 Å². The second-order valence-corrected chi connectivity index (χ2v) is 3.97. The molecule has 0 aliphatic carbocycles. The van der Waals surface area contributed by atoms with E-state index >= 15 is 0 Å². The summed E-state index contributed by atoms with van der Waals surface area (Å²) in [6.07, 6.45) is 0. The Bertz CT molecular complexity index is 403. The Kier molecular flexibility index (Phi) is 3.23. The molecular weight excluding hydrogens is 206 g/mol. The Labute approximate surface area is 83.8 Å². The van der Waals surface area contributed by atoms with Gasteiger partial charge in [-0.25, -0.2) is 0 Å². The number of nitrogens with one attached hydrogen (secondary N) is 1. The van der Waals surface area contributed by atoms with Gasteiger partial charge in [-0.2, -0.15) is 0 Å². The number of aliphatic carboxylic acids is 1. The van der Waals surface area contributed by atoms with E-state index in [4.69, 9.17) is 5.11 Å². The molecule has 6 nitrogen and oxygen atoms in total. The highest BCUT2D eigenvalue weighted by atomic mass is 32.2. The van der Waals surface area contributed by atoms with Crippen LogP contribution in [0.1, 0.15) is 12.6 Å². The summed E-state index contributed by atoms with van der Waals surface area (Å²) in [5.41, 5.74) is -0.0857. The van der Waals surface area contributed by atoms with E-state index in [9.17, 15) is 9.59 Å². The first-order valence-corrected chi connectivity index (χ1v) is 4.71. The summed E-state index contributed by atoms with van der Waals surface area (Å²) in [6.45, 7) is 3.04. The minimum atomic E-state index is -0.960. The molecule has 1 atom stereocenters. The highest BCUT2D eigenvalue weighted by Crippen LogP contribution is 2.16. The molecule has 0 aliphatic heterocycles. The summed E-state index contributed by atoms with van der Waals surface area (Å²) >= 11 is 0.946. The zero-order valence-electron chi connectivity index (χ0n) is 7.64. The fourth-order valence-electron chi connectivity index (χ4n) is 0.649. The van der Waals surface area contributed by atoms with Crippen molar-refractivity contribution in [2.24, 2.45) is 0 Å². The van der Waals surface area contributed by atoms with Gasteiger partial charge in [0.2, 0.25) is 0 Å². The van der Waals surface area contributed by atoms with Crippen molar-refractivity contribution in [2.45, 2.75) is 24.3 Å². The smallest absolute Gasteiger partial charge is 0.316 e. The summed E-state index contributed by atoms with van der Waals surface area (Å²) in [7, 11) is 0. The Morgan fingerprint density at radius 2 is 2.21 bits per heavy atom. The van der Waals surface area contributed by atoms with E-state index in [0.29, 0.717) is 0 Å². The number of carboxylic acid groups (broad SMARTS) is 1. The van der Waals surface area contributed by atoms with Crippen molar-refractivity contribution >= 4 is 17.7 Å². The van der Waals surface area contributed by atoms with Crippen molar-refractivity contribution in [3.8, 4) is 0 Å². The van der Waals surface area contributed by atoms with Crippen molar-refractivity contribution < 1.29 is 9.90 Å². The van der Waals surface area contributed by atoms with E-state index in [1.807, 2.05) is 0 Å². The van der Waals surface area contributed by atoms with Gasteiger partial charge in [-0.15, -0.1) is 10.2 Å². The number of hydrogen-bond acceptors (Lipinski definition) is 5. The van der Waals surface area contributed by atoms with Crippen LogP contribution in [0.5, 0.6) is 0 Å². The molecule has 1 unspecified atom stereocenters. The highest BCUT2D eigenvalue weighted by molar-refractivity contribution is 8.00. The van der Waals surface area contributed by atoms with Gasteiger partial charge in [0.05, 0.1) is 0 Å². The van der Waals surface area contributed by atoms with Crippen LogP contribution in [0, 0.1) is 6.92 Å². The first-order chi connectivity index (χ1) is 6.50. The number of thioether (sulfide) groups is 1. The molecule has 0 fully saturated rings. The topological polar surface area (TPSA) is 95.9 Å². The number of aromatic amines is 1. The van der Waals surface area contributed by atoms with Gasteiger partial charge in [0.25, 0.3) is 5.56 Å². The van der Waals surface area contributed by atoms with E-state index in [0.717, 1.165) is 11.8 Å². The quantitative estimate of drug-likeness (QED) is 0.691. The molecule has 76 valence electrons. The Morgan fingerprint density at radius 1 is 1.57 bits per heavy atom. The van der Waals surface area contributed by atoms with E-state index in [2.05, 4.69) is 15.2 Å². The largest absolute Gasteiger partial charge is 0.480 e. The molecule has 0 bridgehead atoms. The van der Waals surface area contributed by atoms with Crippen LogP contribution >= 0.6 is 11.8 Å². The number of rotatable bonds is 3. The number of carboxylic acids is 1. The van der Waals surface area contributed by atoms with Crippen LogP contribution in [0.2, 0.25) is 0 Å². The van der Waals surface area contributed by atoms with Gasteiger partial charge < -0.3 is 5.11 Å². The van der Waals surface area contributed by atoms with Gasteiger partial charge in [-0.1, -0.05) is 11.8 Å². The summed E-state index contributed by atoms with van der Waals surface area (Å²) in [5, 5.41) is 15.4. The molecule has 14 heavy (non-hydrogen) atoms. The van der Waals surface area contributed by atoms with E-state index in [1.54, 1.807) is 0 Å². The van der Waals surface area contributed by atoms with E-state index in [-0.39, 0.29) is 16.4 Å². The van der Waals surface area contributed by atoms with Crippen LogP contribution < -0.4 is 5.56 Å². The average Bonchev–Trinajstić information content (AvgIpc) is 2.11. The number of carbonyl (C=O) groups is 1. The second kappa shape index (κ2) is 4.23. The summed E-state index contributed by atoms with van der Waals surface area (Å²) in [4.78, 5) is 24.0. The Morgan fingerprint density at radius 3 is 2.71 bits per heavy atom. The number of nitrogens with zero attached hydrogens (tertiary/aromatic N) is 2. The highest BCUT2D eigenvalue weighted by Gasteiger charge is 2.14. The van der Waals surface area contributed by atoms with Gasteiger partial charge in [-0.3, -0.25) is 14.6 Å². The lowest BCUT2D eigenvalue weighted by molar-refractivity contribution is -0.136. The fourth-order valence-corrected chi connectivity index (χ4v) is 1.32. The van der Waals surface area contributed by atoms with Crippen LogP contribution in [0.25, 0.3) is 0 Å². The minimum absolute atomic E-state index is 0.218. The van der Waals surface area contributed by atoms with Crippen molar-refractivity contribution in [3.05, 3.63) is 16.0 Å². The molecule has 1 aromatic rings. The maximum Gasteiger partial charge on any atom is 0.316 e. The van der Waals surface area contributed by atoms with Gasteiger partial charge in [0, 0.05) is 0 Å². The molecule has 1 heterocycles.